The minimum absolute atomic E-state index is 0.174. The Labute approximate surface area is 92.2 Å². The molecule has 2 amide bonds. The van der Waals surface area contributed by atoms with E-state index in [4.69, 9.17) is 0 Å². The van der Waals surface area contributed by atoms with E-state index < -0.39 is 0 Å². The summed E-state index contributed by atoms with van der Waals surface area (Å²) in [5.74, 6) is 0.666. The van der Waals surface area contributed by atoms with E-state index in [1.54, 1.807) is 0 Å². The summed E-state index contributed by atoms with van der Waals surface area (Å²) in [5.41, 5.74) is 0. The molecule has 0 bridgehead atoms. The molecule has 3 heteroatoms. The average molecular weight is 210 g/mol. The summed E-state index contributed by atoms with van der Waals surface area (Å²) in [7, 11) is 0. The minimum Gasteiger partial charge on any atom is -0.333 e. The van der Waals surface area contributed by atoms with E-state index in [1.165, 1.54) is 25.7 Å². The van der Waals surface area contributed by atoms with E-state index in [2.05, 4.69) is 24.1 Å². The van der Waals surface area contributed by atoms with Crippen LogP contribution in [-0.4, -0.2) is 29.6 Å². The van der Waals surface area contributed by atoms with Crippen molar-refractivity contribution in [3.05, 3.63) is 0 Å². The number of amides is 2. The van der Waals surface area contributed by atoms with E-state index in [-0.39, 0.29) is 6.03 Å². The quantitative estimate of drug-likeness (QED) is 0.762. The molecule has 0 aromatic carbocycles. The van der Waals surface area contributed by atoms with Gasteiger partial charge in [-0.05, 0) is 25.2 Å². The number of nitrogens with zero attached hydrogens (tertiary/aromatic N) is 1. The first-order chi connectivity index (χ1) is 7.16. The van der Waals surface area contributed by atoms with Crippen molar-refractivity contribution in [3.8, 4) is 0 Å². The molecule has 3 nitrogen and oxygen atoms in total. The van der Waals surface area contributed by atoms with Crippen LogP contribution in [0.5, 0.6) is 0 Å². The second kappa shape index (κ2) is 4.42. The number of nitrogens with one attached hydrogen (secondary N) is 1. The maximum Gasteiger partial charge on any atom is 0.317 e. The van der Waals surface area contributed by atoms with Gasteiger partial charge in [0.25, 0.3) is 0 Å². The Morgan fingerprint density at radius 3 is 2.67 bits per heavy atom. The van der Waals surface area contributed by atoms with Crippen LogP contribution < -0.4 is 5.32 Å². The number of rotatable bonds is 3. The van der Waals surface area contributed by atoms with Crippen LogP contribution in [0.25, 0.3) is 0 Å². The number of carbonyl (C=O) groups is 1. The first-order valence-corrected chi connectivity index (χ1v) is 6.24. The zero-order chi connectivity index (χ0) is 10.8. The molecule has 0 aromatic heterocycles. The van der Waals surface area contributed by atoms with Gasteiger partial charge in [0.15, 0.2) is 0 Å². The van der Waals surface area contributed by atoms with Gasteiger partial charge in [-0.25, -0.2) is 4.79 Å². The molecule has 0 radical (unpaired) electrons. The van der Waals surface area contributed by atoms with Crippen LogP contribution in [-0.2, 0) is 0 Å². The maximum atomic E-state index is 11.8. The lowest BCUT2D eigenvalue weighted by atomic mass is 10.0. The first kappa shape index (κ1) is 10.8. The van der Waals surface area contributed by atoms with Gasteiger partial charge in [0.2, 0.25) is 0 Å². The van der Waals surface area contributed by atoms with Crippen LogP contribution >= 0.6 is 0 Å². The highest BCUT2D eigenvalue weighted by Gasteiger charge is 2.34. The predicted molar refractivity (Wildman–Crippen MR) is 60.7 cm³/mol. The molecule has 86 valence electrons. The van der Waals surface area contributed by atoms with Crippen LogP contribution in [0.1, 0.15) is 46.0 Å². The Kier molecular flexibility index (Phi) is 3.17. The molecule has 0 unspecified atom stereocenters. The Hall–Kier alpha value is -0.730. The lowest BCUT2D eigenvalue weighted by Gasteiger charge is -2.22. The van der Waals surface area contributed by atoms with Crippen molar-refractivity contribution in [1.29, 1.82) is 0 Å². The summed E-state index contributed by atoms with van der Waals surface area (Å²) in [5, 5.41) is 3.10. The number of hydrogen-bond donors (Lipinski definition) is 1. The molecular formula is C12H22N2O. The average Bonchev–Trinajstić information content (AvgIpc) is 2.72. The number of urea groups is 1. The van der Waals surface area contributed by atoms with Crippen LogP contribution in [0.3, 0.4) is 0 Å². The normalized spacial score (nSPS) is 27.8. The van der Waals surface area contributed by atoms with Crippen molar-refractivity contribution < 1.29 is 4.79 Å². The standard InChI is InChI=1S/C12H22N2O/c1-9(2)7-10-8-14(12(15)13-10)11-5-3-4-6-11/h9-11H,3-8H2,1-2H3,(H,13,15)/t10-/m1/s1. The zero-order valence-corrected chi connectivity index (χ0v) is 9.83. The van der Waals surface area contributed by atoms with Gasteiger partial charge in [-0.1, -0.05) is 26.7 Å². The second-order valence-corrected chi connectivity index (χ2v) is 5.37. The molecule has 0 aromatic rings. The topological polar surface area (TPSA) is 32.3 Å². The van der Waals surface area contributed by atoms with Crippen LogP contribution in [0.4, 0.5) is 4.79 Å². The number of carbonyl (C=O) groups excluding carboxylic acids is 1. The maximum absolute atomic E-state index is 11.8. The third-order valence-electron chi connectivity index (χ3n) is 3.53. The third kappa shape index (κ3) is 2.44. The SMILES string of the molecule is CC(C)C[C@@H]1CN(C2CCCC2)C(=O)N1. The smallest absolute Gasteiger partial charge is 0.317 e. The Morgan fingerprint density at radius 1 is 1.40 bits per heavy atom. The van der Waals surface area contributed by atoms with Crippen molar-refractivity contribution in [1.82, 2.24) is 10.2 Å². The molecule has 1 saturated carbocycles. The van der Waals surface area contributed by atoms with Gasteiger partial charge < -0.3 is 10.2 Å². The van der Waals surface area contributed by atoms with Crippen LogP contribution in [0.2, 0.25) is 0 Å². The van der Waals surface area contributed by atoms with Gasteiger partial charge >= 0.3 is 6.03 Å². The van der Waals surface area contributed by atoms with E-state index >= 15 is 0 Å². The predicted octanol–water partition coefficient (Wildman–Crippen LogP) is 2.37. The summed E-state index contributed by atoms with van der Waals surface area (Å²) >= 11 is 0. The monoisotopic (exact) mass is 210 g/mol. The van der Waals surface area contributed by atoms with E-state index in [0.29, 0.717) is 18.0 Å². The molecule has 2 aliphatic rings. The Balaban J connectivity index is 1.89. The zero-order valence-electron chi connectivity index (χ0n) is 9.83. The lowest BCUT2D eigenvalue weighted by Crippen LogP contribution is -2.36. The number of hydrogen-bond acceptors (Lipinski definition) is 1. The molecule has 1 aliphatic carbocycles. The molecule has 2 fully saturated rings. The largest absolute Gasteiger partial charge is 0.333 e. The van der Waals surface area contributed by atoms with E-state index in [1.807, 2.05) is 0 Å². The van der Waals surface area contributed by atoms with Crippen molar-refractivity contribution >= 4 is 6.03 Å². The van der Waals surface area contributed by atoms with Crippen molar-refractivity contribution in [2.45, 2.75) is 58.0 Å². The van der Waals surface area contributed by atoms with Crippen LogP contribution in [0.15, 0.2) is 0 Å². The van der Waals surface area contributed by atoms with Gasteiger partial charge in [0, 0.05) is 18.6 Å². The van der Waals surface area contributed by atoms with Crippen LogP contribution in [0, 0.1) is 5.92 Å². The van der Waals surface area contributed by atoms with Gasteiger partial charge in [-0.3, -0.25) is 0 Å². The summed E-state index contributed by atoms with van der Waals surface area (Å²) in [6, 6.07) is 1.09. The minimum atomic E-state index is 0.174. The lowest BCUT2D eigenvalue weighted by molar-refractivity contribution is 0.198. The highest BCUT2D eigenvalue weighted by atomic mass is 16.2. The third-order valence-corrected chi connectivity index (χ3v) is 3.53. The van der Waals surface area contributed by atoms with Crippen molar-refractivity contribution in [2.24, 2.45) is 5.92 Å². The fraction of sp³-hybridized carbons (Fsp3) is 0.917. The van der Waals surface area contributed by atoms with Crippen molar-refractivity contribution in [3.63, 3.8) is 0 Å². The molecule has 1 saturated heterocycles. The molecule has 1 atom stereocenters. The Bertz CT molecular complexity index is 234. The summed E-state index contributed by atoms with van der Waals surface area (Å²) < 4.78 is 0. The highest BCUT2D eigenvalue weighted by Crippen LogP contribution is 2.26. The summed E-state index contributed by atoms with van der Waals surface area (Å²) in [6.07, 6.45) is 6.12. The van der Waals surface area contributed by atoms with Gasteiger partial charge in [0.05, 0.1) is 0 Å². The molecule has 1 aliphatic heterocycles. The molecule has 1 heterocycles. The highest BCUT2D eigenvalue weighted by molar-refractivity contribution is 5.77. The van der Waals surface area contributed by atoms with E-state index in [0.717, 1.165) is 13.0 Å². The Morgan fingerprint density at radius 2 is 2.07 bits per heavy atom. The summed E-state index contributed by atoms with van der Waals surface area (Å²) in [6.45, 7) is 5.36. The van der Waals surface area contributed by atoms with Gasteiger partial charge in [-0.2, -0.15) is 0 Å². The summed E-state index contributed by atoms with van der Waals surface area (Å²) in [4.78, 5) is 13.8. The van der Waals surface area contributed by atoms with Gasteiger partial charge in [-0.15, -0.1) is 0 Å². The van der Waals surface area contributed by atoms with Gasteiger partial charge in [0.1, 0.15) is 0 Å². The van der Waals surface area contributed by atoms with E-state index in [9.17, 15) is 4.79 Å². The molecule has 0 spiro atoms. The fourth-order valence-electron chi connectivity index (χ4n) is 2.86. The fourth-order valence-corrected chi connectivity index (χ4v) is 2.86. The molecule has 1 N–H and O–H groups in total. The molecule has 2 rings (SSSR count). The molecule has 15 heavy (non-hydrogen) atoms. The second-order valence-electron chi connectivity index (χ2n) is 5.37. The van der Waals surface area contributed by atoms with Crippen molar-refractivity contribution in [2.75, 3.05) is 6.54 Å². The first-order valence-electron chi connectivity index (χ1n) is 6.24. The molecular weight excluding hydrogens is 188 g/mol.